The Morgan fingerprint density at radius 1 is 1.26 bits per heavy atom. The molecule has 1 aromatic rings. The van der Waals surface area contributed by atoms with E-state index in [1.54, 1.807) is 0 Å². The van der Waals surface area contributed by atoms with Gasteiger partial charge in [-0.15, -0.1) is 24.0 Å². The molecule has 3 nitrogen and oxygen atoms in total. The third-order valence-electron chi connectivity index (χ3n) is 3.41. The highest BCUT2D eigenvalue weighted by Crippen LogP contribution is 2.43. The van der Waals surface area contributed by atoms with Crippen molar-refractivity contribution in [2.24, 2.45) is 4.99 Å². The van der Waals surface area contributed by atoms with E-state index in [0.717, 1.165) is 0 Å². The van der Waals surface area contributed by atoms with Crippen LogP contribution in [0, 0.1) is 11.6 Å². The van der Waals surface area contributed by atoms with Crippen molar-refractivity contribution in [3.05, 3.63) is 35.4 Å². The zero-order valence-electron chi connectivity index (χ0n) is 12.3. The number of nitrogens with zero attached hydrogens (tertiary/aromatic N) is 1. The van der Waals surface area contributed by atoms with Gasteiger partial charge in [0.25, 0.3) is 0 Å². The fourth-order valence-corrected chi connectivity index (χ4v) is 2.23. The van der Waals surface area contributed by atoms with Gasteiger partial charge in [-0.1, -0.05) is 6.07 Å². The van der Waals surface area contributed by atoms with E-state index in [9.17, 15) is 22.0 Å². The molecule has 0 spiro atoms. The van der Waals surface area contributed by atoms with Crippen LogP contribution in [0.2, 0.25) is 0 Å². The monoisotopic (exact) mass is 449 g/mol. The maximum atomic E-state index is 13.6. The lowest BCUT2D eigenvalue weighted by molar-refractivity contribution is -0.132. The zero-order valence-corrected chi connectivity index (χ0v) is 14.6. The Morgan fingerprint density at radius 2 is 1.87 bits per heavy atom. The van der Waals surface area contributed by atoms with Crippen LogP contribution in [-0.4, -0.2) is 31.8 Å². The Hall–Kier alpha value is -1.13. The van der Waals surface area contributed by atoms with Gasteiger partial charge >= 0.3 is 6.18 Å². The van der Waals surface area contributed by atoms with Crippen LogP contribution in [0.5, 0.6) is 0 Å². The number of guanidine groups is 1. The summed E-state index contributed by atoms with van der Waals surface area (Å²) in [7, 11) is 1.42. The molecular weight excluding hydrogens is 432 g/mol. The first-order valence-corrected chi connectivity index (χ1v) is 6.79. The molecule has 23 heavy (non-hydrogen) atoms. The van der Waals surface area contributed by atoms with Crippen molar-refractivity contribution in [3.63, 3.8) is 0 Å². The fraction of sp³-hybridized carbons (Fsp3) is 0.500. The SMILES string of the molecule is CN=C(NCCC(F)(F)F)NC1CC1c1c(F)cccc1F.I. The second kappa shape index (κ2) is 8.11. The summed E-state index contributed by atoms with van der Waals surface area (Å²) >= 11 is 0. The van der Waals surface area contributed by atoms with E-state index >= 15 is 0 Å². The Labute approximate surface area is 147 Å². The highest BCUT2D eigenvalue weighted by atomic mass is 127. The van der Waals surface area contributed by atoms with E-state index < -0.39 is 24.2 Å². The van der Waals surface area contributed by atoms with Crippen LogP contribution in [0.4, 0.5) is 22.0 Å². The predicted octanol–water partition coefficient (Wildman–Crippen LogP) is 3.56. The molecule has 1 saturated carbocycles. The molecule has 0 amide bonds. The predicted molar refractivity (Wildman–Crippen MR) is 88.1 cm³/mol. The number of nitrogens with one attached hydrogen (secondary N) is 2. The van der Waals surface area contributed by atoms with Gasteiger partial charge < -0.3 is 10.6 Å². The Bertz CT molecular complexity index is 542. The van der Waals surface area contributed by atoms with Crippen molar-refractivity contribution in [3.8, 4) is 0 Å². The largest absolute Gasteiger partial charge is 0.390 e. The number of hydrogen-bond acceptors (Lipinski definition) is 1. The standard InChI is InChI=1S/C14H16F5N3.HI/c1-20-13(21-6-5-14(17,18)19)22-11-7-8(11)12-9(15)3-2-4-10(12)16;/h2-4,8,11H,5-7H2,1H3,(H2,20,21,22);1H. The summed E-state index contributed by atoms with van der Waals surface area (Å²) in [5, 5.41) is 5.40. The van der Waals surface area contributed by atoms with Gasteiger partial charge in [0.15, 0.2) is 5.96 Å². The van der Waals surface area contributed by atoms with E-state index in [2.05, 4.69) is 15.6 Å². The minimum Gasteiger partial charge on any atom is -0.356 e. The van der Waals surface area contributed by atoms with Crippen molar-refractivity contribution in [2.45, 2.75) is 31.0 Å². The smallest absolute Gasteiger partial charge is 0.356 e. The summed E-state index contributed by atoms with van der Waals surface area (Å²) in [5.74, 6) is -1.39. The average molecular weight is 449 g/mol. The molecule has 2 N–H and O–H groups in total. The maximum absolute atomic E-state index is 13.6. The first-order valence-electron chi connectivity index (χ1n) is 6.79. The molecule has 0 aliphatic heterocycles. The van der Waals surface area contributed by atoms with Gasteiger partial charge in [-0.25, -0.2) is 8.78 Å². The molecule has 2 unspecified atom stereocenters. The van der Waals surface area contributed by atoms with Gasteiger partial charge in [-0.3, -0.25) is 4.99 Å². The molecular formula is C14H17F5IN3. The van der Waals surface area contributed by atoms with Crippen LogP contribution in [0.1, 0.15) is 24.3 Å². The van der Waals surface area contributed by atoms with Gasteiger partial charge in [-0.05, 0) is 18.6 Å². The van der Waals surface area contributed by atoms with Crippen molar-refractivity contribution in [1.29, 1.82) is 0 Å². The Balaban J connectivity index is 0.00000264. The van der Waals surface area contributed by atoms with Gasteiger partial charge in [0.2, 0.25) is 0 Å². The molecule has 1 fully saturated rings. The van der Waals surface area contributed by atoms with Crippen LogP contribution in [0.15, 0.2) is 23.2 Å². The van der Waals surface area contributed by atoms with Crippen LogP contribution in [-0.2, 0) is 0 Å². The lowest BCUT2D eigenvalue weighted by atomic mass is 10.1. The number of benzene rings is 1. The van der Waals surface area contributed by atoms with Crippen molar-refractivity contribution >= 4 is 29.9 Å². The Morgan fingerprint density at radius 3 is 2.39 bits per heavy atom. The van der Waals surface area contributed by atoms with Gasteiger partial charge in [-0.2, -0.15) is 13.2 Å². The fourth-order valence-electron chi connectivity index (χ4n) is 2.23. The number of halogens is 6. The summed E-state index contributed by atoms with van der Waals surface area (Å²) in [6.07, 6.45) is -4.73. The lowest BCUT2D eigenvalue weighted by Crippen LogP contribution is -2.40. The molecule has 2 rings (SSSR count). The molecule has 0 heterocycles. The lowest BCUT2D eigenvalue weighted by Gasteiger charge is -2.13. The van der Waals surface area contributed by atoms with Crippen LogP contribution >= 0.6 is 24.0 Å². The molecule has 1 aliphatic carbocycles. The van der Waals surface area contributed by atoms with E-state index in [0.29, 0.717) is 6.42 Å². The molecule has 0 bridgehead atoms. The van der Waals surface area contributed by atoms with Gasteiger partial charge in [0.1, 0.15) is 11.6 Å². The molecule has 130 valence electrons. The summed E-state index contributed by atoms with van der Waals surface area (Å²) in [4.78, 5) is 3.80. The topological polar surface area (TPSA) is 36.4 Å². The Kier molecular flexibility index (Phi) is 7.02. The summed E-state index contributed by atoms with van der Waals surface area (Å²) in [6, 6.07) is 3.41. The summed E-state index contributed by atoms with van der Waals surface area (Å²) in [5.41, 5.74) is 0.00532. The number of hydrogen-bond donors (Lipinski definition) is 2. The summed E-state index contributed by atoms with van der Waals surface area (Å²) in [6.45, 7) is -0.311. The first kappa shape index (κ1) is 19.9. The number of aliphatic imine (C=N–C) groups is 1. The third kappa shape index (κ3) is 5.78. The molecule has 1 aromatic carbocycles. The van der Waals surface area contributed by atoms with E-state index in [4.69, 9.17) is 0 Å². The van der Waals surface area contributed by atoms with Crippen molar-refractivity contribution in [2.75, 3.05) is 13.6 Å². The quantitative estimate of drug-likeness (QED) is 0.320. The van der Waals surface area contributed by atoms with Crippen LogP contribution in [0.3, 0.4) is 0 Å². The van der Waals surface area contributed by atoms with E-state index in [-0.39, 0.29) is 54.0 Å². The minimum atomic E-state index is -4.25. The molecule has 2 atom stereocenters. The molecule has 0 aromatic heterocycles. The second-order valence-electron chi connectivity index (χ2n) is 5.09. The van der Waals surface area contributed by atoms with E-state index in [1.165, 1.54) is 25.2 Å². The number of rotatable bonds is 4. The third-order valence-corrected chi connectivity index (χ3v) is 3.41. The normalized spacial score (nSPS) is 20.7. The first-order chi connectivity index (χ1) is 10.3. The van der Waals surface area contributed by atoms with E-state index in [1.807, 2.05) is 0 Å². The second-order valence-corrected chi connectivity index (χ2v) is 5.09. The zero-order chi connectivity index (χ0) is 16.3. The molecule has 0 radical (unpaired) electrons. The highest BCUT2D eigenvalue weighted by molar-refractivity contribution is 14.0. The maximum Gasteiger partial charge on any atom is 0.390 e. The van der Waals surface area contributed by atoms with Crippen molar-refractivity contribution < 1.29 is 22.0 Å². The molecule has 1 aliphatic rings. The molecule has 0 saturated heterocycles. The van der Waals surface area contributed by atoms with Crippen LogP contribution in [0.25, 0.3) is 0 Å². The average Bonchev–Trinajstić information content (AvgIpc) is 3.15. The van der Waals surface area contributed by atoms with Gasteiger partial charge in [0.05, 0.1) is 6.42 Å². The van der Waals surface area contributed by atoms with Crippen LogP contribution < -0.4 is 10.6 Å². The number of alkyl halides is 3. The minimum absolute atomic E-state index is 0. The van der Waals surface area contributed by atoms with Gasteiger partial charge in [0, 0.05) is 31.1 Å². The van der Waals surface area contributed by atoms with Crippen molar-refractivity contribution in [1.82, 2.24) is 10.6 Å². The summed E-state index contributed by atoms with van der Waals surface area (Å²) < 4.78 is 63.5. The molecule has 9 heteroatoms. The highest BCUT2D eigenvalue weighted by Gasteiger charge is 2.42.